The van der Waals surface area contributed by atoms with Gasteiger partial charge in [-0.1, -0.05) is 80.6 Å². The summed E-state index contributed by atoms with van der Waals surface area (Å²) >= 11 is 0. The van der Waals surface area contributed by atoms with Gasteiger partial charge in [0, 0.05) is 12.1 Å². The predicted molar refractivity (Wildman–Crippen MR) is 102 cm³/mol. The van der Waals surface area contributed by atoms with Gasteiger partial charge in [-0.3, -0.25) is 0 Å². The maximum Gasteiger partial charge on any atom is 0.124 e. The highest BCUT2D eigenvalue weighted by Crippen LogP contribution is 2.19. The number of ether oxygens (including phenoxy) is 1. The zero-order valence-electron chi connectivity index (χ0n) is 15.2. The Morgan fingerprint density at radius 1 is 0.875 bits per heavy atom. The lowest BCUT2D eigenvalue weighted by molar-refractivity contribution is 0.302. The van der Waals surface area contributed by atoms with Crippen LogP contribution in [-0.4, -0.2) is 6.54 Å². The van der Waals surface area contributed by atoms with E-state index in [1.54, 1.807) is 0 Å². The van der Waals surface area contributed by atoms with Crippen molar-refractivity contribution >= 4 is 0 Å². The number of hydrogen-bond donors (Lipinski definition) is 1. The van der Waals surface area contributed by atoms with Crippen molar-refractivity contribution in [1.29, 1.82) is 0 Å². The standard InChI is InChI=1S/C22H31NO/c1-3-4-5-6-9-16-23-17-21-10-7-8-11-22(21)24-18-20-14-12-19(2)13-15-20/h7-8,10-15,23H,3-6,9,16-18H2,1-2H3. The summed E-state index contributed by atoms with van der Waals surface area (Å²) in [6.07, 6.45) is 6.60. The van der Waals surface area contributed by atoms with Gasteiger partial charge in [0.15, 0.2) is 0 Å². The minimum Gasteiger partial charge on any atom is -0.489 e. The Kier molecular flexibility index (Phi) is 8.40. The van der Waals surface area contributed by atoms with Gasteiger partial charge in [0.05, 0.1) is 0 Å². The first-order valence-electron chi connectivity index (χ1n) is 9.26. The second-order valence-electron chi connectivity index (χ2n) is 6.47. The molecule has 0 saturated heterocycles. The van der Waals surface area contributed by atoms with Gasteiger partial charge in [-0.15, -0.1) is 0 Å². The first-order chi connectivity index (χ1) is 11.8. The molecule has 2 nitrogen and oxygen atoms in total. The van der Waals surface area contributed by atoms with Crippen LogP contribution in [0.15, 0.2) is 48.5 Å². The van der Waals surface area contributed by atoms with Crippen molar-refractivity contribution < 1.29 is 4.74 Å². The first kappa shape index (κ1) is 18.5. The van der Waals surface area contributed by atoms with E-state index in [9.17, 15) is 0 Å². The third kappa shape index (κ3) is 6.76. The summed E-state index contributed by atoms with van der Waals surface area (Å²) in [7, 11) is 0. The van der Waals surface area contributed by atoms with Crippen molar-refractivity contribution in [2.75, 3.05) is 6.54 Å². The zero-order chi connectivity index (χ0) is 17.0. The van der Waals surface area contributed by atoms with E-state index >= 15 is 0 Å². The molecule has 0 aliphatic rings. The highest BCUT2D eigenvalue weighted by atomic mass is 16.5. The van der Waals surface area contributed by atoms with Crippen LogP contribution in [-0.2, 0) is 13.2 Å². The number of para-hydroxylation sites is 1. The second kappa shape index (κ2) is 10.9. The molecule has 0 spiro atoms. The van der Waals surface area contributed by atoms with E-state index in [0.717, 1.165) is 18.8 Å². The van der Waals surface area contributed by atoms with Crippen molar-refractivity contribution in [2.24, 2.45) is 0 Å². The minimum atomic E-state index is 0.619. The van der Waals surface area contributed by atoms with Crippen molar-refractivity contribution in [1.82, 2.24) is 5.32 Å². The molecule has 0 atom stereocenters. The Morgan fingerprint density at radius 3 is 2.42 bits per heavy atom. The Hall–Kier alpha value is -1.80. The molecular formula is C22H31NO. The first-order valence-corrected chi connectivity index (χ1v) is 9.26. The van der Waals surface area contributed by atoms with Crippen LogP contribution >= 0.6 is 0 Å². The number of unbranched alkanes of at least 4 members (excludes halogenated alkanes) is 4. The smallest absolute Gasteiger partial charge is 0.124 e. The summed E-state index contributed by atoms with van der Waals surface area (Å²) in [6.45, 7) is 6.93. The number of nitrogens with one attached hydrogen (secondary N) is 1. The largest absolute Gasteiger partial charge is 0.489 e. The molecule has 0 aromatic heterocycles. The molecule has 24 heavy (non-hydrogen) atoms. The molecule has 2 heteroatoms. The fourth-order valence-electron chi connectivity index (χ4n) is 2.71. The van der Waals surface area contributed by atoms with E-state index in [4.69, 9.17) is 4.74 Å². The lowest BCUT2D eigenvalue weighted by atomic mass is 10.1. The van der Waals surface area contributed by atoms with Crippen molar-refractivity contribution in [3.05, 3.63) is 65.2 Å². The number of hydrogen-bond acceptors (Lipinski definition) is 2. The summed E-state index contributed by atoms with van der Waals surface area (Å²) in [4.78, 5) is 0. The molecule has 0 fully saturated rings. The third-order valence-electron chi connectivity index (χ3n) is 4.26. The van der Waals surface area contributed by atoms with Crippen LogP contribution in [0.1, 0.15) is 55.7 Å². The molecule has 0 radical (unpaired) electrons. The van der Waals surface area contributed by atoms with E-state index in [1.165, 1.54) is 48.8 Å². The molecule has 2 aromatic rings. The van der Waals surface area contributed by atoms with Gasteiger partial charge in [0.1, 0.15) is 12.4 Å². The van der Waals surface area contributed by atoms with Gasteiger partial charge in [0.2, 0.25) is 0 Å². The van der Waals surface area contributed by atoms with Crippen LogP contribution in [0.4, 0.5) is 0 Å². The van der Waals surface area contributed by atoms with Gasteiger partial charge in [0.25, 0.3) is 0 Å². The predicted octanol–water partition coefficient (Wildman–Crippen LogP) is 5.63. The van der Waals surface area contributed by atoms with E-state index in [-0.39, 0.29) is 0 Å². The lowest BCUT2D eigenvalue weighted by Crippen LogP contribution is -2.15. The molecule has 0 aliphatic heterocycles. The average molecular weight is 325 g/mol. The molecule has 0 amide bonds. The third-order valence-corrected chi connectivity index (χ3v) is 4.26. The van der Waals surface area contributed by atoms with Crippen molar-refractivity contribution in [3.63, 3.8) is 0 Å². The molecule has 0 bridgehead atoms. The molecular weight excluding hydrogens is 294 g/mol. The lowest BCUT2D eigenvalue weighted by Gasteiger charge is -2.12. The van der Waals surface area contributed by atoms with Gasteiger partial charge < -0.3 is 10.1 Å². The highest BCUT2D eigenvalue weighted by molar-refractivity contribution is 5.33. The summed E-state index contributed by atoms with van der Waals surface area (Å²) in [6, 6.07) is 16.9. The average Bonchev–Trinajstić information content (AvgIpc) is 2.61. The minimum absolute atomic E-state index is 0.619. The van der Waals surface area contributed by atoms with Crippen LogP contribution in [0.3, 0.4) is 0 Å². The normalized spacial score (nSPS) is 10.8. The van der Waals surface area contributed by atoms with Crippen LogP contribution in [0.25, 0.3) is 0 Å². The Bertz CT molecular complexity index is 577. The fourth-order valence-corrected chi connectivity index (χ4v) is 2.71. The number of benzene rings is 2. The van der Waals surface area contributed by atoms with E-state index in [0.29, 0.717) is 6.61 Å². The van der Waals surface area contributed by atoms with Crippen LogP contribution in [0, 0.1) is 6.92 Å². The molecule has 0 heterocycles. The van der Waals surface area contributed by atoms with Crippen molar-refractivity contribution in [2.45, 2.75) is 59.1 Å². The molecule has 0 aliphatic carbocycles. The van der Waals surface area contributed by atoms with Crippen molar-refractivity contribution in [3.8, 4) is 5.75 Å². The van der Waals surface area contributed by atoms with Crippen LogP contribution in [0.2, 0.25) is 0 Å². The summed E-state index contributed by atoms with van der Waals surface area (Å²) < 4.78 is 6.03. The number of aryl methyl sites for hydroxylation is 1. The monoisotopic (exact) mass is 325 g/mol. The SMILES string of the molecule is CCCCCCCNCc1ccccc1OCc1ccc(C)cc1. The highest BCUT2D eigenvalue weighted by Gasteiger charge is 2.03. The molecule has 0 unspecified atom stereocenters. The van der Waals surface area contributed by atoms with Gasteiger partial charge in [-0.25, -0.2) is 0 Å². The van der Waals surface area contributed by atoms with Gasteiger partial charge in [-0.2, -0.15) is 0 Å². The van der Waals surface area contributed by atoms with E-state index in [1.807, 2.05) is 6.07 Å². The van der Waals surface area contributed by atoms with E-state index in [2.05, 4.69) is 61.6 Å². The molecule has 0 saturated carbocycles. The summed E-state index contributed by atoms with van der Waals surface area (Å²) in [5.41, 5.74) is 3.72. The van der Waals surface area contributed by atoms with Crippen LogP contribution in [0.5, 0.6) is 5.75 Å². The zero-order valence-corrected chi connectivity index (χ0v) is 15.2. The molecule has 2 rings (SSSR count). The topological polar surface area (TPSA) is 21.3 Å². The second-order valence-corrected chi connectivity index (χ2v) is 6.47. The number of rotatable bonds is 11. The quantitative estimate of drug-likeness (QED) is 0.540. The molecule has 2 aromatic carbocycles. The summed E-state index contributed by atoms with van der Waals surface area (Å²) in [5.74, 6) is 0.983. The fraction of sp³-hybridized carbons (Fsp3) is 0.455. The molecule has 130 valence electrons. The Labute approximate surface area is 147 Å². The summed E-state index contributed by atoms with van der Waals surface area (Å²) in [5, 5.41) is 3.54. The van der Waals surface area contributed by atoms with Gasteiger partial charge in [-0.05, 0) is 31.5 Å². The maximum absolute atomic E-state index is 6.03. The Morgan fingerprint density at radius 2 is 1.62 bits per heavy atom. The van der Waals surface area contributed by atoms with Crippen LogP contribution < -0.4 is 10.1 Å². The maximum atomic E-state index is 6.03. The van der Waals surface area contributed by atoms with E-state index < -0.39 is 0 Å². The Balaban J connectivity index is 1.76. The molecule has 1 N–H and O–H groups in total. The van der Waals surface area contributed by atoms with Gasteiger partial charge >= 0.3 is 0 Å².